The van der Waals surface area contributed by atoms with Gasteiger partial charge in [0.25, 0.3) is 0 Å². The topological polar surface area (TPSA) is 28.7 Å². The molecule has 2 nitrogen and oxygen atoms in total. The number of nitrogens with zero attached hydrogens (tertiary/aromatic N) is 1. The molecule has 0 aliphatic heterocycles. The van der Waals surface area contributed by atoms with Crippen LogP contribution in [0, 0.1) is 11.6 Å². The molecule has 11 heavy (non-hydrogen) atoms. The van der Waals surface area contributed by atoms with Crippen LogP contribution in [-0.4, -0.2) is 9.97 Å². The van der Waals surface area contributed by atoms with Gasteiger partial charge in [0, 0.05) is 5.69 Å². The molecule has 1 aromatic heterocycles. The second-order valence-electron chi connectivity index (χ2n) is 2.40. The van der Waals surface area contributed by atoms with E-state index in [9.17, 15) is 0 Å². The fourth-order valence-corrected chi connectivity index (χ4v) is 1.17. The summed E-state index contributed by atoms with van der Waals surface area (Å²) < 4.78 is 0.587. The van der Waals surface area contributed by atoms with E-state index in [1.807, 2.05) is 13.8 Å². The third kappa shape index (κ3) is 2.27. The normalized spacial score (nSPS) is 13.0. The molecule has 0 saturated carbocycles. The van der Waals surface area contributed by atoms with Gasteiger partial charge in [-0.15, -0.1) is 11.6 Å². The minimum Gasteiger partial charge on any atom is -0.346 e. The van der Waals surface area contributed by atoms with Gasteiger partial charge < -0.3 is 4.98 Å². The Morgan fingerprint density at radius 2 is 2.36 bits per heavy atom. The summed E-state index contributed by atoms with van der Waals surface area (Å²) in [5.41, 5.74) is 0.993. The van der Waals surface area contributed by atoms with E-state index >= 15 is 0 Å². The van der Waals surface area contributed by atoms with E-state index in [2.05, 4.69) is 9.97 Å². The molecule has 1 heterocycles. The maximum absolute atomic E-state index is 5.81. The number of aromatic nitrogens is 2. The van der Waals surface area contributed by atoms with Gasteiger partial charge in [-0.1, -0.05) is 12.2 Å². The number of alkyl halides is 1. The van der Waals surface area contributed by atoms with E-state index in [0.717, 1.165) is 11.5 Å². The minimum absolute atomic E-state index is 0.114. The summed E-state index contributed by atoms with van der Waals surface area (Å²) in [5.74, 6) is 0.733. The molecule has 1 atom stereocenters. The van der Waals surface area contributed by atoms with Gasteiger partial charge in [0.15, 0.2) is 0 Å². The fraction of sp³-hybridized carbons (Fsp3) is 0.429. The minimum atomic E-state index is -0.114. The van der Waals surface area contributed by atoms with E-state index in [-0.39, 0.29) is 5.38 Å². The number of aryl methyl sites for hydroxylation is 1. The lowest BCUT2D eigenvalue weighted by Crippen LogP contribution is -1.96. The first kappa shape index (κ1) is 8.68. The van der Waals surface area contributed by atoms with Crippen LogP contribution in [0.1, 0.15) is 23.8 Å². The number of hydrogen-bond donors (Lipinski definition) is 1. The molecule has 0 bridgehead atoms. The first-order chi connectivity index (χ1) is 5.09. The molecule has 1 aromatic rings. The van der Waals surface area contributed by atoms with Crippen LogP contribution in [-0.2, 0) is 0 Å². The first-order valence-electron chi connectivity index (χ1n) is 3.31. The number of rotatable bonds is 1. The van der Waals surface area contributed by atoms with E-state index in [4.69, 9.17) is 23.8 Å². The molecular weight excluding hydrogens is 180 g/mol. The second kappa shape index (κ2) is 3.32. The molecule has 1 unspecified atom stereocenters. The Bertz CT molecular complexity index is 306. The zero-order valence-corrected chi connectivity index (χ0v) is 7.96. The van der Waals surface area contributed by atoms with Crippen molar-refractivity contribution in [2.24, 2.45) is 0 Å². The molecule has 0 fully saturated rings. The van der Waals surface area contributed by atoms with Crippen molar-refractivity contribution in [2.45, 2.75) is 19.2 Å². The van der Waals surface area contributed by atoms with Crippen LogP contribution in [0.25, 0.3) is 0 Å². The van der Waals surface area contributed by atoms with E-state index in [1.165, 1.54) is 0 Å². The maximum atomic E-state index is 5.81. The Morgan fingerprint density at radius 1 is 1.73 bits per heavy atom. The molecule has 1 N–H and O–H groups in total. The summed E-state index contributed by atoms with van der Waals surface area (Å²) in [4.78, 5) is 7.10. The van der Waals surface area contributed by atoms with Crippen molar-refractivity contribution in [1.82, 2.24) is 9.97 Å². The zero-order valence-electron chi connectivity index (χ0n) is 6.39. The van der Waals surface area contributed by atoms with Crippen molar-refractivity contribution in [3.05, 3.63) is 22.2 Å². The monoisotopic (exact) mass is 188 g/mol. The van der Waals surface area contributed by atoms with E-state index in [1.54, 1.807) is 6.07 Å². The molecule has 1 rings (SSSR count). The Balaban J connectivity index is 3.19. The van der Waals surface area contributed by atoms with Crippen LogP contribution in [0.5, 0.6) is 0 Å². The number of nitrogens with one attached hydrogen (secondary N) is 1. The van der Waals surface area contributed by atoms with Gasteiger partial charge in [0.2, 0.25) is 0 Å². The molecule has 4 heteroatoms. The predicted molar refractivity (Wildman–Crippen MR) is 48.4 cm³/mol. The van der Waals surface area contributed by atoms with Crippen LogP contribution in [0.15, 0.2) is 6.07 Å². The lowest BCUT2D eigenvalue weighted by molar-refractivity contribution is 0.885. The van der Waals surface area contributed by atoms with Crippen molar-refractivity contribution < 1.29 is 0 Å². The van der Waals surface area contributed by atoms with Gasteiger partial charge in [-0.25, -0.2) is 4.98 Å². The molecule has 0 spiro atoms. The molecule has 0 radical (unpaired) electrons. The summed E-state index contributed by atoms with van der Waals surface area (Å²) >= 11 is 10.7. The lowest BCUT2D eigenvalue weighted by Gasteiger charge is -2.02. The molecule has 60 valence electrons. The molecule has 0 aliphatic carbocycles. The molecular formula is C7H9ClN2S. The van der Waals surface area contributed by atoms with Crippen LogP contribution in [0.4, 0.5) is 0 Å². The molecule has 0 aliphatic rings. The van der Waals surface area contributed by atoms with Crippen molar-refractivity contribution in [3.8, 4) is 0 Å². The number of aromatic amines is 1. The summed E-state index contributed by atoms with van der Waals surface area (Å²) in [5, 5.41) is -0.114. The molecule has 0 amide bonds. The van der Waals surface area contributed by atoms with E-state index < -0.39 is 0 Å². The largest absolute Gasteiger partial charge is 0.346 e. The highest BCUT2D eigenvalue weighted by molar-refractivity contribution is 7.71. The summed E-state index contributed by atoms with van der Waals surface area (Å²) in [6, 6.07) is 1.80. The quantitative estimate of drug-likeness (QED) is 0.543. The number of hydrogen-bond acceptors (Lipinski definition) is 2. The van der Waals surface area contributed by atoms with Crippen LogP contribution in [0.2, 0.25) is 0 Å². The SMILES string of the molecule is Cc1cc(=S)nc(C(C)Cl)[nH]1. The van der Waals surface area contributed by atoms with E-state index in [0.29, 0.717) is 4.64 Å². The fourth-order valence-electron chi connectivity index (χ4n) is 0.791. The zero-order chi connectivity index (χ0) is 8.43. The van der Waals surface area contributed by atoms with Gasteiger partial charge >= 0.3 is 0 Å². The van der Waals surface area contributed by atoms with Crippen molar-refractivity contribution in [2.75, 3.05) is 0 Å². The predicted octanol–water partition coefficient (Wildman–Crippen LogP) is 2.75. The summed E-state index contributed by atoms with van der Waals surface area (Å²) in [6.07, 6.45) is 0. The van der Waals surface area contributed by atoms with Gasteiger partial charge in [-0.3, -0.25) is 0 Å². The van der Waals surface area contributed by atoms with Crippen LogP contribution in [0.3, 0.4) is 0 Å². The highest BCUT2D eigenvalue weighted by Gasteiger charge is 2.02. The second-order valence-corrected chi connectivity index (χ2v) is 3.48. The van der Waals surface area contributed by atoms with Gasteiger partial charge in [-0.2, -0.15) is 0 Å². The Labute approximate surface area is 75.6 Å². The summed E-state index contributed by atoms with van der Waals surface area (Å²) in [7, 11) is 0. The van der Waals surface area contributed by atoms with Crippen molar-refractivity contribution in [3.63, 3.8) is 0 Å². The lowest BCUT2D eigenvalue weighted by atomic mass is 10.4. The van der Waals surface area contributed by atoms with Gasteiger partial charge in [0.05, 0.1) is 5.38 Å². The average Bonchev–Trinajstić information content (AvgIpc) is 1.85. The number of H-pyrrole nitrogens is 1. The van der Waals surface area contributed by atoms with Crippen molar-refractivity contribution >= 4 is 23.8 Å². The standard InChI is InChI=1S/C7H9ClN2S/c1-4-3-6(11)10-7(9-4)5(2)8/h3,5H,1-2H3,(H,9,10,11). The smallest absolute Gasteiger partial charge is 0.130 e. The first-order valence-corrected chi connectivity index (χ1v) is 4.16. The Morgan fingerprint density at radius 3 is 2.82 bits per heavy atom. The van der Waals surface area contributed by atoms with Crippen LogP contribution < -0.4 is 0 Å². The van der Waals surface area contributed by atoms with Crippen LogP contribution >= 0.6 is 23.8 Å². The third-order valence-electron chi connectivity index (χ3n) is 1.27. The third-order valence-corrected chi connectivity index (χ3v) is 1.69. The highest BCUT2D eigenvalue weighted by Crippen LogP contribution is 2.14. The highest BCUT2D eigenvalue weighted by atomic mass is 35.5. The number of halogens is 1. The molecule has 0 aromatic carbocycles. The Kier molecular flexibility index (Phi) is 2.62. The van der Waals surface area contributed by atoms with Gasteiger partial charge in [0.1, 0.15) is 10.5 Å². The average molecular weight is 189 g/mol. The van der Waals surface area contributed by atoms with Crippen molar-refractivity contribution in [1.29, 1.82) is 0 Å². The van der Waals surface area contributed by atoms with Gasteiger partial charge in [-0.05, 0) is 19.9 Å². The maximum Gasteiger partial charge on any atom is 0.130 e. The summed E-state index contributed by atoms with van der Waals surface area (Å²) in [6.45, 7) is 3.79. The molecule has 0 saturated heterocycles. The Hall–Kier alpha value is -0.410.